The van der Waals surface area contributed by atoms with E-state index in [0.29, 0.717) is 0 Å². The van der Waals surface area contributed by atoms with Crippen LogP contribution >= 0.6 is 0 Å². The van der Waals surface area contributed by atoms with Gasteiger partial charge in [0.1, 0.15) is 0 Å². The van der Waals surface area contributed by atoms with Gasteiger partial charge in [-0.1, -0.05) is 0 Å². The summed E-state index contributed by atoms with van der Waals surface area (Å²) in [7, 11) is 0. The van der Waals surface area contributed by atoms with Gasteiger partial charge in [0.25, 0.3) is 0 Å². The van der Waals surface area contributed by atoms with Crippen LogP contribution in [-0.4, -0.2) is 61.9 Å². The Bertz CT molecular complexity index is 149. The number of aliphatic hydroxyl groups excluding tert-OH is 2. The van der Waals surface area contributed by atoms with E-state index in [-0.39, 0.29) is 48.3 Å². The summed E-state index contributed by atoms with van der Waals surface area (Å²) in [6.45, 7) is 0. The molecular weight excluding hydrogens is 194 g/mol. The Hall–Kier alpha value is 0.392. The summed E-state index contributed by atoms with van der Waals surface area (Å²) in [4.78, 5) is 19.5. The average molecular weight is 204 g/mol. The Labute approximate surface area is 102 Å². The van der Waals surface area contributed by atoms with Crippen LogP contribution < -0.4 is 29.6 Å². The third-order valence-electron chi connectivity index (χ3n) is 0.805. The Morgan fingerprint density at radius 3 is 1.25 bits per heavy atom. The van der Waals surface area contributed by atoms with Crippen molar-refractivity contribution in [3.8, 4) is 0 Å². The first-order chi connectivity index (χ1) is 4.46. The van der Waals surface area contributed by atoms with Crippen molar-refractivity contribution < 1.29 is 61.0 Å². The zero-order valence-corrected chi connectivity index (χ0v) is 7.76. The molecule has 0 spiro atoms. The number of carbonyl (C=O) groups is 2. The molecule has 6 nitrogen and oxygen atoms in total. The van der Waals surface area contributed by atoms with Crippen LogP contribution in [0, 0.1) is 0 Å². The van der Waals surface area contributed by atoms with Crippen LogP contribution in [0.25, 0.3) is 0 Å². The second-order valence-corrected chi connectivity index (χ2v) is 1.57. The minimum Gasteiger partial charge on any atom is -1.00 e. The molecule has 0 heterocycles. The van der Waals surface area contributed by atoms with Crippen molar-refractivity contribution in [2.45, 2.75) is 12.2 Å². The normalized spacial score (nSPS) is 13.2. The number of hydrogen-bond acceptors (Lipinski definition) is 4. The number of hydrogen-bond donors (Lipinski definition) is 4. The minimum atomic E-state index is -2.27. The minimum absolute atomic E-state index is 0. The fraction of sp³-hybridized carbons (Fsp3) is 0.500. The van der Waals surface area contributed by atoms with E-state index in [1.165, 1.54) is 0 Å². The number of carboxylic acid groups (broad SMARTS) is 2. The van der Waals surface area contributed by atoms with E-state index in [4.69, 9.17) is 20.4 Å². The monoisotopic (exact) mass is 204 g/mol. The van der Waals surface area contributed by atoms with Gasteiger partial charge >= 0.3 is 41.5 Å². The van der Waals surface area contributed by atoms with Gasteiger partial charge < -0.3 is 21.9 Å². The standard InChI is InChI=1S/C4H6O6.Al.Na.4H/c5-1(3(7)8)2(6)4(9)10;;;;;;/h1-2,5-6H,(H,7,8)(H,9,10);;;;;;/q;;+1;;;;-1. The molecule has 12 heavy (non-hydrogen) atoms. The molecule has 0 bridgehead atoms. The molecule has 2 atom stereocenters. The molecule has 0 fully saturated rings. The number of carboxylic acids is 2. The van der Waals surface area contributed by atoms with E-state index in [2.05, 4.69) is 0 Å². The average Bonchev–Trinajstić information content (AvgIpc) is 1.84. The molecule has 0 aliphatic rings. The van der Waals surface area contributed by atoms with Crippen molar-refractivity contribution in [2.75, 3.05) is 0 Å². The molecule has 0 rings (SSSR count). The second kappa shape index (κ2) is 8.01. The van der Waals surface area contributed by atoms with Crippen molar-refractivity contribution in [3.63, 3.8) is 0 Å². The van der Waals surface area contributed by atoms with E-state index in [1.54, 1.807) is 0 Å². The molecule has 4 N–H and O–H groups in total. The van der Waals surface area contributed by atoms with Crippen molar-refractivity contribution in [1.29, 1.82) is 0 Å². The van der Waals surface area contributed by atoms with E-state index in [1.807, 2.05) is 0 Å². The fourth-order valence-electron chi connectivity index (χ4n) is 0.270. The van der Waals surface area contributed by atoms with E-state index >= 15 is 0 Å². The zero-order valence-electron chi connectivity index (χ0n) is 6.76. The van der Waals surface area contributed by atoms with Gasteiger partial charge in [-0.2, -0.15) is 0 Å². The summed E-state index contributed by atoms with van der Waals surface area (Å²) >= 11 is 0. The van der Waals surface area contributed by atoms with Crippen LogP contribution in [-0.2, 0) is 9.59 Å². The summed E-state index contributed by atoms with van der Waals surface area (Å²) in [5, 5.41) is 32.5. The van der Waals surface area contributed by atoms with Crippen molar-refractivity contribution in [1.82, 2.24) is 0 Å². The molecule has 0 aliphatic carbocycles. The number of aliphatic carboxylic acids is 2. The summed E-state index contributed by atoms with van der Waals surface area (Å²) in [6.07, 6.45) is -4.53. The number of aliphatic hydroxyl groups is 2. The number of rotatable bonds is 3. The molecule has 0 radical (unpaired) electrons. The molecule has 0 saturated heterocycles. The van der Waals surface area contributed by atoms with E-state index in [0.717, 1.165) is 0 Å². The van der Waals surface area contributed by atoms with Gasteiger partial charge in [0.15, 0.2) is 29.6 Å². The maximum Gasteiger partial charge on any atom is 1.00 e. The Balaban J connectivity index is -0.000000135. The van der Waals surface area contributed by atoms with Gasteiger partial charge in [0.2, 0.25) is 0 Å². The van der Waals surface area contributed by atoms with Gasteiger partial charge in [0, 0.05) is 0 Å². The maximum atomic E-state index is 9.77. The Morgan fingerprint density at radius 1 is 1.00 bits per heavy atom. The van der Waals surface area contributed by atoms with Crippen LogP contribution in [0.4, 0.5) is 0 Å². The quantitative estimate of drug-likeness (QED) is 0.340. The predicted octanol–water partition coefficient (Wildman–Crippen LogP) is -6.19. The van der Waals surface area contributed by atoms with Crippen molar-refractivity contribution >= 4 is 29.3 Å². The largest absolute Gasteiger partial charge is 1.00 e. The molecule has 0 aromatic carbocycles. The molecular formula is C4H10AlNaO6. The Kier molecular flexibility index (Phi) is 12.2. The van der Waals surface area contributed by atoms with Crippen LogP contribution in [0.3, 0.4) is 0 Å². The first kappa shape index (κ1) is 18.2. The molecule has 0 amide bonds. The summed E-state index contributed by atoms with van der Waals surface area (Å²) < 4.78 is 0. The molecule has 0 aromatic heterocycles. The Morgan fingerprint density at radius 2 is 1.17 bits per heavy atom. The molecule has 0 saturated carbocycles. The van der Waals surface area contributed by atoms with Crippen LogP contribution in [0.5, 0.6) is 0 Å². The zero-order chi connectivity index (χ0) is 8.31. The SMILES string of the molecule is O=C(O)C(O)C(O)C(=O)O.[AlH3].[H-].[Na+]. The van der Waals surface area contributed by atoms with Gasteiger partial charge in [-0.15, -0.1) is 0 Å². The molecule has 2 unspecified atom stereocenters. The molecule has 0 aliphatic heterocycles. The molecule has 0 aromatic rings. The van der Waals surface area contributed by atoms with Gasteiger partial charge in [-0.05, 0) is 0 Å². The third kappa shape index (κ3) is 5.97. The first-order valence-corrected chi connectivity index (χ1v) is 2.28. The topological polar surface area (TPSA) is 115 Å². The second-order valence-electron chi connectivity index (χ2n) is 1.57. The predicted molar refractivity (Wildman–Crippen MR) is 38.3 cm³/mol. The summed E-state index contributed by atoms with van der Waals surface area (Å²) in [5.74, 6) is -3.54. The van der Waals surface area contributed by atoms with E-state index in [9.17, 15) is 9.59 Å². The molecule has 66 valence electrons. The van der Waals surface area contributed by atoms with Crippen molar-refractivity contribution in [3.05, 3.63) is 0 Å². The van der Waals surface area contributed by atoms with Crippen LogP contribution in [0.15, 0.2) is 0 Å². The smallest absolute Gasteiger partial charge is 1.00 e. The third-order valence-corrected chi connectivity index (χ3v) is 0.805. The van der Waals surface area contributed by atoms with Crippen molar-refractivity contribution in [2.24, 2.45) is 0 Å². The summed E-state index contributed by atoms with van der Waals surface area (Å²) in [5.41, 5.74) is 0. The van der Waals surface area contributed by atoms with E-state index < -0.39 is 24.1 Å². The molecule has 8 heteroatoms. The first-order valence-electron chi connectivity index (χ1n) is 2.28. The van der Waals surface area contributed by atoms with Crippen LogP contribution in [0.1, 0.15) is 1.43 Å². The fourth-order valence-corrected chi connectivity index (χ4v) is 0.270. The van der Waals surface area contributed by atoms with Gasteiger partial charge in [-0.3, -0.25) is 0 Å². The maximum absolute atomic E-state index is 9.77. The van der Waals surface area contributed by atoms with Gasteiger partial charge in [0.05, 0.1) is 0 Å². The van der Waals surface area contributed by atoms with Gasteiger partial charge in [-0.25, -0.2) is 9.59 Å². The summed E-state index contributed by atoms with van der Waals surface area (Å²) in [6, 6.07) is 0. The van der Waals surface area contributed by atoms with Crippen LogP contribution in [0.2, 0.25) is 0 Å².